The van der Waals surface area contributed by atoms with Crippen molar-refractivity contribution in [3.63, 3.8) is 0 Å². The van der Waals surface area contributed by atoms with Gasteiger partial charge in [0.15, 0.2) is 5.78 Å². The number of hydrogen-bond acceptors (Lipinski definition) is 3. The van der Waals surface area contributed by atoms with Crippen LogP contribution in [0.5, 0.6) is 0 Å². The summed E-state index contributed by atoms with van der Waals surface area (Å²) in [5.41, 5.74) is 2.72. The number of fused-ring (bicyclic) bond motifs is 5. The molecule has 0 N–H and O–H groups in total. The highest BCUT2D eigenvalue weighted by Crippen LogP contribution is 2.66. The Bertz CT molecular complexity index is 884. The molecule has 0 aromatic heterocycles. The van der Waals surface area contributed by atoms with E-state index in [1.54, 1.807) is 0 Å². The maximum absolute atomic E-state index is 12.8. The molecule has 2 nitrogen and oxygen atoms in total. The van der Waals surface area contributed by atoms with Crippen LogP contribution in [-0.2, 0) is 9.59 Å². The summed E-state index contributed by atoms with van der Waals surface area (Å²) < 4.78 is 0. The van der Waals surface area contributed by atoms with Gasteiger partial charge in [-0.1, -0.05) is 37.1 Å². The molecule has 0 saturated heterocycles. The molecule has 0 heterocycles. The molecular formula is C26H32O2S. The van der Waals surface area contributed by atoms with Crippen molar-refractivity contribution < 1.29 is 9.59 Å². The lowest BCUT2D eigenvalue weighted by molar-refractivity contribution is -0.132. The Labute approximate surface area is 178 Å². The molecule has 3 heteroatoms. The third kappa shape index (κ3) is 2.99. The van der Waals surface area contributed by atoms with E-state index in [1.807, 2.05) is 17.8 Å². The summed E-state index contributed by atoms with van der Waals surface area (Å²) in [6.07, 6.45) is 8.70. The fourth-order valence-electron chi connectivity index (χ4n) is 7.18. The predicted molar refractivity (Wildman–Crippen MR) is 118 cm³/mol. The number of carbonyl (C=O) groups excluding carboxylic acids is 2. The summed E-state index contributed by atoms with van der Waals surface area (Å²) in [6, 6.07) is 8.87. The lowest BCUT2D eigenvalue weighted by atomic mass is 9.47. The second-order valence-corrected chi connectivity index (χ2v) is 11.7. The van der Waals surface area contributed by atoms with Crippen LogP contribution in [0.3, 0.4) is 0 Å². The van der Waals surface area contributed by atoms with Gasteiger partial charge in [-0.15, -0.1) is 11.8 Å². The van der Waals surface area contributed by atoms with Crippen LogP contribution in [0.25, 0.3) is 0 Å². The molecule has 0 aliphatic heterocycles. The van der Waals surface area contributed by atoms with E-state index >= 15 is 0 Å². The van der Waals surface area contributed by atoms with E-state index in [-0.39, 0.29) is 10.8 Å². The Kier molecular flexibility index (Phi) is 4.62. The SMILES string of the molecule is Cc1ccc(S[C@@H]2CC3=CC(=O)CC[C@]3(C)[C@H]3CC[C@]4(C)C(=O)CC[C@H]4[C@H]23)cc1. The first kappa shape index (κ1) is 19.6. The lowest BCUT2D eigenvalue weighted by Crippen LogP contribution is -2.54. The molecule has 0 unspecified atom stereocenters. The van der Waals surface area contributed by atoms with Crippen LogP contribution < -0.4 is 0 Å². The molecule has 0 bridgehead atoms. The zero-order valence-corrected chi connectivity index (χ0v) is 18.7. The van der Waals surface area contributed by atoms with Gasteiger partial charge in [-0.25, -0.2) is 0 Å². The van der Waals surface area contributed by atoms with Gasteiger partial charge in [0.05, 0.1) is 0 Å². The average Bonchev–Trinajstić information content (AvgIpc) is 3.00. The molecule has 154 valence electrons. The van der Waals surface area contributed by atoms with Crippen LogP contribution in [0.15, 0.2) is 40.8 Å². The van der Waals surface area contributed by atoms with Crippen LogP contribution in [0.2, 0.25) is 0 Å². The standard InChI is InChI=1S/C26H32O2S/c1-16-4-6-19(7-5-16)29-22-15-17-14-18(27)10-12-25(17,2)21-11-13-26(3)20(24(21)22)8-9-23(26)28/h4-7,14,20-22,24H,8-13,15H2,1-3H3/t20-,21-,22+,24-,25-,26-/m0/s1. The molecule has 3 saturated carbocycles. The molecule has 6 atom stereocenters. The van der Waals surface area contributed by atoms with Gasteiger partial charge in [0.25, 0.3) is 0 Å². The third-order valence-corrected chi connectivity index (χ3v) is 10.3. The fraction of sp³-hybridized carbons (Fsp3) is 0.615. The number of hydrogen-bond donors (Lipinski definition) is 0. The van der Waals surface area contributed by atoms with E-state index in [0.29, 0.717) is 41.0 Å². The maximum Gasteiger partial charge on any atom is 0.155 e. The minimum atomic E-state index is -0.116. The molecule has 1 aromatic carbocycles. The Hall–Kier alpha value is -1.35. The normalized spacial score (nSPS) is 41.4. The van der Waals surface area contributed by atoms with Gasteiger partial charge >= 0.3 is 0 Å². The number of thioether (sulfide) groups is 1. The quantitative estimate of drug-likeness (QED) is 0.587. The van der Waals surface area contributed by atoms with Crippen LogP contribution in [-0.4, -0.2) is 16.8 Å². The maximum atomic E-state index is 12.8. The smallest absolute Gasteiger partial charge is 0.155 e. The van der Waals surface area contributed by atoms with E-state index < -0.39 is 0 Å². The van der Waals surface area contributed by atoms with Crippen molar-refractivity contribution in [2.45, 2.75) is 75.9 Å². The number of rotatable bonds is 2. The van der Waals surface area contributed by atoms with Gasteiger partial charge in [0.1, 0.15) is 5.78 Å². The summed E-state index contributed by atoms with van der Waals surface area (Å²) in [6.45, 7) is 6.82. The van der Waals surface area contributed by atoms with E-state index in [9.17, 15) is 9.59 Å². The summed E-state index contributed by atoms with van der Waals surface area (Å²) >= 11 is 2.00. The van der Waals surface area contributed by atoms with Crippen LogP contribution in [0.4, 0.5) is 0 Å². The van der Waals surface area contributed by atoms with E-state index in [1.165, 1.54) is 16.0 Å². The van der Waals surface area contributed by atoms with Gasteiger partial charge in [-0.3, -0.25) is 9.59 Å². The lowest BCUT2D eigenvalue weighted by Gasteiger charge is -2.59. The minimum Gasteiger partial charge on any atom is -0.299 e. The Morgan fingerprint density at radius 2 is 1.66 bits per heavy atom. The van der Waals surface area contributed by atoms with Gasteiger partial charge in [0.2, 0.25) is 0 Å². The first-order chi connectivity index (χ1) is 13.8. The van der Waals surface area contributed by atoms with Crippen LogP contribution >= 0.6 is 11.8 Å². The van der Waals surface area contributed by atoms with Crippen molar-refractivity contribution in [1.29, 1.82) is 0 Å². The first-order valence-corrected chi connectivity index (χ1v) is 12.2. The topological polar surface area (TPSA) is 34.1 Å². The number of Topliss-reactive ketones (excluding diaryl/α,β-unsaturated/α-hetero) is 1. The molecule has 29 heavy (non-hydrogen) atoms. The molecule has 1 aromatic rings. The second-order valence-electron chi connectivity index (χ2n) is 10.4. The molecule has 5 rings (SSSR count). The van der Waals surface area contributed by atoms with Gasteiger partial charge in [0, 0.05) is 28.4 Å². The van der Waals surface area contributed by atoms with Crippen molar-refractivity contribution in [3.8, 4) is 0 Å². The van der Waals surface area contributed by atoms with Crippen molar-refractivity contribution in [3.05, 3.63) is 41.5 Å². The average molecular weight is 409 g/mol. The van der Waals surface area contributed by atoms with Crippen molar-refractivity contribution in [2.24, 2.45) is 28.6 Å². The summed E-state index contributed by atoms with van der Waals surface area (Å²) in [7, 11) is 0. The molecule has 3 fully saturated rings. The van der Waals surface area contributed by atoms with Gasteiger partial charge < -0.3 is 0 Å². The summed E-state index contributed by atoms with van der Waals surface area (Å²) in [5, 5.41) is 0.462. The van der Waals surface area contributed by atoms with Crippen molar-refractivity contribution in [2.75, 3.05) is 0 Å². The summed E-state index contributed by atoms with van der Waals surface area (Å²) in [5.74, 6) is 2.49. The highest BCUT2D eigenvalue weighted by molar-refractivity contribution is 8.00. The summed E-state index contributed by atoms with van der Waals surface area (Å²) in [4.78, 5) is 26.4. The minimum absolute atomic E-state index is 0.116. The number of benzene rings is 1. The number of allylic oxidation sites excluding steroid dienone is 1. The highest BCUT2D eigenvalue weighted by atomic mass is 32.2. The molecular weight excluding hydrogens is 376 g/mol. The largest absolute Gasteiger partial charge is 0.299 e. The third-order valence-electron chi connectivity index (χ3n) is 8.98. The molecule has 0 amide bonds. The molecule has 4 aliphatic rings. The van der Waals surface area contributed by atoms with Crippen molar-refractivity contribution in [1.82, 2.24) is 0 Å². The Balaban J connectivity index is 1.56. The Morgan fingerprint density at radius 3 is 2.41 bits per heavy atom. The van der Waals surface area contributed by atoms with E-state index in [0.717, 1.165) is 38.5 Å². The number of aryl methyl sites for hydroxylation is 1. The Morgan fingerprint density at radius 1 is 0.931 bits per heavy atom. The monoisotopic (exact) mass is 408 g/mol. The molecule has 0 spiro atoms. The second kappa shape index (κ2) is 6.83. The molecule has 4 aliphatic carbocycles. The first-order valence-electron chi connectivity index (χ1n) is 11.3. The van der Waals surface area contributed by atoms with E-state index in [4.69, 9.17) is 0 Å². The van der Waals surface area contributed by atoms with E-state index in [2.05, 4.69) is 45.0 Å². The van der Waals surface area contributed by atoms with Gasteiger partial charge in [-0.05, 0) is 80.4 Å². The predicted octanol–water partition coefficient (Wildman–Crippen LogP) is 6.17. The number of ketones is 2. The fourth-order valence-corrected chi connectivity index (χ4v) is 8.63. The highest BCUT2D eigenvalue weighted by Gasteiger charge is 2.61. The molecule has 0 radical (unpaired) electrons. The number of carbonyl (C=O) groups is 2. The zero-order chi connectivity index (χ0) is 20.4. The van der Waals surface area contributed by atoms with Crippen molar-refractivity contribution >= 4 is 23.3 Å². The zero-order valence-electron chi connectivity index (χ0n) is 17.9. The van der Waals surface area contributed by atoms with Crippen LogP contribution in [0.1, 0.15) is 64.4 Å². The van der Waals surface area contributed by atoms with Gasteiger partial charge in [-0.2, -0.15) is 0 Å². The van der Waals surface area contributed by atoms with Crippen LogP contribution in [0, 0.1) is 35.5 Å².